The quantitative estimate of drug-likeness (QED) is 0.586. The van der Waals surface area contributed by atoms with E-state index in [2.05, 4.69) is 21.3 Å². The molecule has 2 fully saturated rings. The van der Waals surface area contributed by atoms with Crippen LogP contribution in [0.4, 0.5) is 8.78 Å². The summed E-state index contributed by atoms with van der Waals surface area (Å²) in [6, 6.07) is 12.3. The van der Waals surface area contributed by atoms with E-state index in [1.165, 1.54) is 30.5 Å². The van der Waals surface area contributed by atoms with Crippen LogP contribution in [-0.2, 0) is 6.54 Å². The number of nitrogens with two attached hydrogens (primary N) is 1. The second-order valence-corrected chi connectivity index (χ2v) is 9.13. The maximum atomic E-state index is 14.0. The fourth-order valence-corrected chi connectivity index (χ4v) is 5.50. The first-order valence-electron chi connectivity index (χ1n) is 11.5. The van der Waals surface area contributed by atoms with E-state index in [9.17, 15) is 13.6 Å². The lowest BCUT2D eigenvalue weighted by molar-refractivity contribution is 0.1000. The van der Waals surface area contributed by atoms with Gasteiger partial charge < -0.3 is 5.73 Å². The lowest BCUT2D eigenvalue weighted by Crippen LogP contribution is -2.43. The summed E-state index contributed by atoms with van der Waals surface area (Å²) in [7, 11) is 0. The predicted octanol–water partition coefficient (Wildman–Crippen LogP) is 4.12. The Kier molecular flexibility index (Phi) is 5.93. The van der Waals surface area contributed by atoms with Gasteiger partial charge in [-0.15, -0.1) is 5.10 Å². The molecule has 6 nitrogen and oxygen atoms in total. The highest BCUT2D eigenvalue weighted by molar-refractivity contribution is 5.92. The van der Waals surface area contributed by atoms with Crippen LogP contribution >= 0.6 is 0 Å². The molecule has 8 heteroatoms. The molecule has 2 bridgehead atoms. The van der Waals surface area contributed by atoms with Crippen molar-refractivity contribution >= 4 is 5.91 Å². The lowest BCUT2D eigenvalue weighted by Gasteiger charge is -2.39. The first-order valence-corrected chi connectivity index (χ1v) is 11.5. The van der Waals surface area contributed by atoms with Crippen molar-refractivity contribution in [2.75, 3.05) is 6.54 Å². The third-order valence-electron chi connectivity index (χ3n) is 7.08. The maximum absolute atomic E-state index is 14.0. The van der Waals surface area contributed by atoms with Gasteiger partial charge in [0.2, 0.25) is 5.91 Å². The van der Waals surface area contributed by atoms with E-state index < -0.39 is 11.6 Å². The summed E-state index contributed by atoms with van der Waals surface area (Å²) in [5.74, 6) is -1.16. The minimum absolute atomic E-state index is 0.253. The van der Waals surface area contributed by atoms with E-state index in [-0.39, 0.29) is 11.5 Å². The van der Waals surface area contributed by atoms with Gasteiger partial charge in [-0.1, -0.05) is 17.3 Å². The highest BCUT2D eigenvalue weighted by Gasteiger charge is 2.40. The minimum Gasteiger partial charge on any atom is -0.366 e. The van der Waals surface area contributed by atoms with Gasteiger partial charge in [-0.25, -0.2) is 8.78 Å². The van der Waals surface area contributed by atoms with Gasteiger partial charge in [0.25, 0.3) is 0 Å². The maximum Gasteiger partial charge on any atom is 0.248 e. The number of primary amides is 1. The number of nitrogens with zero attached hydrogens (tertiary/aromatic N) is 4. The van der Waals surface area contributed by atoms with Gasteiger partial charge in [-0.3, -0.25) is 14.4 Å². The van der Waals surface area contributed by atoms with Crippen molar-refractivity contribution in [3.8, 4) is 11.3 Å². The van der Waals surface area contributed by atoms with Crippen molar-refractivity contribution < 1.29 is 13.6 Å². The Bertz CT molecular complexity index is 1150. The monoisotopic (exact) mass is 451 g/mol. The molecule has 3 aromatic rings. The molecule has 1 aromatic heterocycles. The van der Waals surface area contributed by atoms with E-state index in [0.717, 1.165) is 31.9 Å². The van der Waals surface area contributed by atoms with Crippen LogP contribution < -0.4 is 5.73 Å². The number of piperidine rings is 1. The Labute approximate surface area is 191 Å². The van der Waals surface area contributed by atoms with Gasteiger partial charge in [0.1, 0.15) is 17.3 Å². The Morgan fingerprint density at radius 3 is 2.58 bits per heavy atom. The molecule has 1 amide bonds. The lowest BCUT2D eigenvalue weighted by atomic mass is 9.84. The SMILES string of the molecule is NC(=O)c1cccc(C2CC3CCC(C2)N3CCCn2cc(-c3ccc(F)cc3F)nn2)c1. The zero-order valence-electron chi connectivity index (χ0n) is 18.3. The van der Waals surface area contributed by atoms with Gasteiger partial charge in [-0.2, -0.15) is 0 Å². The van der Waals surface area contributed by atoms with Crippen LogP contribution in [0.15, 0.2) is 48.7 Å². The summed E-state index contributed by atoms with van der Waals surface area (Å²) < 4.78 is 28.9. The number of hydrogen-bond acceptors (Lipinski definition) is 4. The van der Waals surface area contributed by atoms with Crippen molar-refractivity contribution in [1.82, 2.24) is 19.9 Å². The second kappa shape index (κ2) is 9.02. The Hall–Kier alpha value is -3.13. The average molecular weight is 452 g/mol. The van der Waals surface area contributed by atoms with Crippen LogP contribution in [0.2, 0.25) is 0 Å². The molecule has 2 aromatic carbocycles. The van der Waals surface area contributed by atoms with Gasteiger partial charge >= 0.3 is 0 Å². The molecule has 0 spiro atoms. The van der Waals surface area contributed by atoms with Gasteiger partial charge in [0.15, 0.2) is 0 Å². The van der Waals surface area contributed by atoms with Crippen LogP contribution in [0.5, 0.6) is 0 Å². The number of benzene rings is 2. The topological polar surface area (TPSA) is 77.0 Å². The summed E-state index contributed by atoms with van der Waals surface area (Å²) >= 11 is 0. The molecule has 2 aliphatic heterocycles. The smallest absolute Gasteiger partial charge is 0.248 e. The standard InChI is InChI=1S/C25H27F2N5O/c26-19-5-8-22(23(27)14-19)24-15-31(30-29-24)9-2-10-32-20-6-7-21(32)13-18(12-20)16-3-1-4-17(11-16)25(28)33/h1,3-5,8,11,14-15,18,20-21H,2,6-7,9-10,12-13H2,(H2,28,33). The molecule has 2 saturated heterocycles. The highest BCUT2D eigenvalue weighted by atomic mass is 19.1. The molecule has 3 heterocycles. The van der Waals surface area contributed by atoms with E-state index in [1.54, 1.807) is 16.9 Å². The summed E-state index contributed by atoms with van der Waals surface area (Å²) in [4.78, 5) is 14.2. The normalized spacial score (nSPS) is 22.5. The molecule has 2 atom stereocenters. The number of amides is 1. The zero-order valence-corrected chi connectivity index (χ0v) is 18.3. The van der Waals surface area contributed by atoms with Crippen LogP contribution in [0.25, 0.3) is 11.3 Å². The first-order chi connectivity index (χ1) is 16.0. The number of aryl methyl sites for hydroxylation is 1. The fourth-order valence-electron chi connectivity index (χ4n) is 5.50. The molecular weight excluding hydrogens is 424 g/mol. The van der Waals surface area contributed by atoms with Gasteiger partial charge in [-0.05, 0) is 67.9 Å². The largest absolute Gasteiger partial charge is 0.366 e. The fraction of sp³-hybridized carbons (Fsp3) is 0.400. The van der Waals surface area contributed by atoms with Crippen molar-refractivity contribution in [3.63, 3.8) is 0 Å². The van der Waals surface area contributed by atoms with Crippen molar-refractivity contribution in [2.45, 2.75) is 56.7 Å². The van der Waals surface area contributed by atoms with Crippen molar-refractivity contribution in [1.29, 1.82) is 0 Å². The minimum atomic E-state index is -0.636. The zero-order chi connectivity index (χ0) is 22.9. The number of halogens is 2. The van der Waals surface area contributed by atoms with Crippen LogP contribution in [-0.4, -0.2) is 44.4 Å². The summed E-state index contributed by atoms with van der Waals surface area (Å²) in [6.07, 6.45) is 7.22. The first kappa shape index (κ1) is 21.7. The number of fused-ring (bicyclic) bond motifs is 2. The molecule has 33 heavy (non-hydrogen) atoms. The van der Waals surface area contributed by atoms with Gasteiger partial charge in [0.05, 0.1) is 6.20 Å². The van der Waals surface area contributed by atoms with Gasteiger partial charge in [0, 0.05) is 42.4 Å². The second-order valence-electron chi connectivity index (χ2n) is 9.13. The molecular formula is C25H27F2N5O. The molecule has 0 aliphatic carbocycles. The van der Waals surface area contributed by atoms with E-state index in [4.69, 9.17) is 5.73 Å². The van der Waals surface area contributed by atoms with Crippen molar-refractivity contribution in [3.05, 3.63) is 71.4 Å². The van der Waals surface area contributed by atoms with Crippen molar-refractivity contribution in [2.24, 2.45) is 5.73 Å². The molecule has 172 valence electrons. The Morgan fingerprint density at radius 1 is 1.06 bits per heavy atom. The summed E-state index contributed by atoms with van der Waals surface area (Å²) in [5.41, 5.74) is 7.91. The number of rotatable bonds is 7. The number of carbonyl (C=O) groups excluding carboxylic acids is 1. The molecule has 2 unspecified atom stereocenters. The number of aromatic nitrogens is 3. The highest BCUT2D eigenvalue weighted by Crippen LogP contribution is 2.43. The molecule has 0 saturated carbocycles. The van der Waals surface area contributed by atoms with Crippen LogP contribution in [0, 0.1) is 11.6 Å². The molecule has 0 radical (unpaired) electrons. The summed E-state index contributed by atoms with van der Waals surface area (Å²) in [6.45, 7) is 1.67. The predicted molar refractivity (Wildman–Crippen MR) is 120 cm³/mol. The third kappa shape index (κ3) is 4.53. The third-order valence-corrected chi connectivity index (χ3v) is 7.08. The molecule has 2 aliphatic rings. The number of carbonyl (C=O) groups is 1. The number of hydrogen-bond donors (Lipinski definition) is 1. The van der Waals surface area contributed by atoms with E-state index in [0.29, 0.717) is 35.8 Å². The van der Waals surface area contributed by atoms with Crippen LogP contribution in [0.3, 0.4) is 0 Å². The van der Waals surface area contributed by atoms with E-state index >= 15 is 0 Å². The average Bonchev–Trinajstić information content (AvgIpc) is 3.35. The Morgan fingerprint density at radius 2 is 1.85 bits per heavy atom. The summed E-state index contributed by atoms with van der Waals surface area (Å²) in [5, 5.41) is 8.17. The van der Waals surface area contributed by atoms with Crippen LogP contribution in [0.1, 0.15) is 53.9 Å². The molecule has 5 rings (SSSR count). The molecule has 2 N–H and O–H groups in total. The Balaban J connectivity index is 1.17. The van der Waals surface area contributed by atoms with E-state index in [1.807, 2.05) is 12.1 Å².